The van der Waals surface area contributed by atoms with Crippen LogP contribution in [0.1, 0.15) is 120 Å². The van der Waals surface area contributed by atoms with E-state index >= 15 is 0 Å². The second-order valence-electron chi connectivity index (χ2n) is 26.3. The molecule has 440 valence electrons. The Bertz CT molecular complexity index is 2180. The fourth-order valence-electron chi connectivity index (χ4n) is 16.4. The van der Waals surface area contributed by atoms with Crippen molar-refractivity contribution in [2.45, 2.75) is 249 Å². The molecule has 0 aromatic rings. The number of rotatable bonds is 11. The Morgan fingerprint density at radius 2 is 1.14 bits per heavy atom. The van der Waals surface area contributed by atoms with Gasteiger partial charge in [0.2, 0.25) is 6.29 Å². The smallest absolute Gasteiger partial charge is 0.335 e. The summed E-state index contributed by atoms with van der Waals surface area (Å²) in [6.45, 7) is 15.6. The number of hydrogen-bond donors (Lipinski definition) is 13. The third kappa shape index (κ3) is 9.66. The molecule has 5 aliphatic carbocycles. The predicted octanol–water partition coefficient (Wildman–Crippen LogP) is -0.915. The van der Waals surface area contributed by atoms with Crippen LogP contribution in [0.2, 0.25) is 0 Å². The van der Waals surface area contributed by atoms with Gasteiger partial charge in [-0.2, -0.15) is 0 Å². The van der Waals surface area contributed by atoms with Gasteiger partial charge in [-0.15, -0.1) is 0 Å². The van der Waals surface area contributed by atoms with E-state index in [1.807, 2.05) is 0 Å². The lowest BCUT2D eigenvalue weighted by Gasteiger charge is -2.71. The van der Waals surface area contributed by atoms with E-state index in [1.54, 1.807) is 0 Å². The molecule has 0 bridgehead atoms. The van der Waals surface area contributed by atoms with Gasteiger partial charge in [-0.3, -0.25) is 4.79 Å². The van der Waals surface area contributed by atoms with Crippen LogP contribution in [0.3, 0.4) is 0 Å². The molecule has 23 nitrogen and oxygen atoms in total. The van der Waals surface area contributed by atoms with Crippen LogP contribution in [-0.2, 0) is 47.5 Å². The molecule has 28 unspecified atom stereocenters. The molecule has 0 aromatic heterocycles. The topological polar surface area (TPSA) is 371 Å². The molecule has 9 aliphatic rings. The molecule has 77 heavy (non-hydrogen) atoms. The van der Waals surface area contributed by atoms with Gasteiger partial charge in [-0.05, 0) is 116 Å². The average molecular weight is 1100 g/mol. The SMILES string of the molecule is CC1OC(OC2C(O)C(C(=O)O)OC(OC3CCC4(C)C(CCC5(C)C4CC=C4C6CC(C)(C)CCC6(C(=O)OC6OC(CO)C(O)C(O)C6O)CCC45C)C3(C)C)C2OC2OC(CO)C(O)C(O)C2O)C(O)C(O)C1O. The predicted molar refractivity (Wildman–Crippen MR) is 262 cm³/mol. The standard InChI is InChI=1S/C54H86O23/c1-22-30(57)33(60)36(63)44(70-22)74-40-39(66)41(43(67)68)75-47(42(40)76-45-37(64)34(61)31(58)25(20-55)71-45)73-29-12-13-51(6)27(50(29,4)5)11-14-53(8)28(51)10-9-23-24-19-49(2,3)15-17-54(24,18-16-52(23,53)7)48(69)77-46-38(65)35(62)32(59)26(21-56)72-46/h9,22,24-42,44-47,55-66H,10-21H2,1-8H3,(H,67,68). The highest BCUT2D eigenvalue weighted by Gasteiger charge is 2.70. The maximum Gasteiger partial charge on any atom is 0.335 e. The van der Waals surface area contributed by atoms with Crippen molar-refractivity contribution in [1.29, 1.82) is 0 Å². The van der Waals surface area contributed by atoms with Crippen molar-refractivity contribution in [3.05, 3.63) is 11.6 Å². The van der Waals surface area contributed by atoms with Crippen molar-refractivity contribution in [3.8, 4) is 0 Å². The van der Waals surface area contributed by atoms with Crippen molar-refractivity contribution in [2.24, 2.45) is 50.2 Å². The summed E-state index contributed by atoms with van der Waals surface area (Å²) in [5.74, 6) is -2.23. The first-order valence-corrected chi connectivity index (χ1v) is 27.7. The first-order valence-electron chi connectivity index (χ1n) is 27.7. The summed E-state index contributed by atoms with van der Waals surface area (Å²) in [4.78, 5) is 27.7. The highest BCUT2D eigenvalue weighted by Crippen LogP contribution is 2.76. The molecule has 0 spiro atoms. The Morgan fingerprint density at radius 1 is 0.584 bits per heavy atom. The lowest BCUT2D eigenvalue weighted by molar-refractivity contribution is -0.395. The number of aliphatic carboxylic acids is 1. The quantitative estimate of drug-likeness (QED) is 0.0676. The number of carboxylic acids is 1. The number of hydrogen-bond acceptors (Lipinski definition) is 22. The van der Waals surface area contributed by atoms with Gasteiger partial charge >= 0.3 is 11.9 Å². The molecule has 0 amide bonds. The van der Waals surface area contributed by atoms with Crippen LogP contribution >= 0.6 is 0 Å². The van der Waals surface area contributed by atoms with Crippen molar-refractivity contribution < 1.29 is 114 Å². The zero-order valence-electron chi connectivity index (χ0n) is 45.3. The van der Waals surface area contributed by atoms with E-state index < -0.39 is 165 Å². The summed E-state index contributed by atoms with van der Waals surface area (Å²) < 4.78 is 48.5. The summed E-state index contributed by atoms with van der Waals surface area (Å²) in [5.41, 5.74) is -1.46. The zero-order chi connectivity index (χ0) is 56.4. The second kappa shape index (κ2) is 21.3. The van der Waals surface area contributed by atoms with Gasteiger partial charge in [0.25, 0.3) is 0 Å². The lowest BCUT2D eigenvalue weighted by atomic mass is 9.33. The molecule has 0 aromatic carbocycles. The number of aliphatic hydroxyl groups excluding tert-OH is 12. The molecule has 4 saturated heterocycles. The minimum absolute atomic E-state index is 0.00307. The Hall–Kier alpha value is -2.08. The fraction of sp³-hybridized carbons (Fsp3) is 0.926. The van der Waals surface area contributed by atoms with E-state index in [0.29, 0.717) is 44.9 Å². The molecular weight excluding hydrogens is 1020 g/mol. The average Bonchev–Trinajstić information content (AvgIpc) is 3.43. The van der Waals surface area contributed by atoms with E-state index in [4.69, 9.17) is 37.9 Å². The maximum absolute atomic E-state index is 14.8. The van der Waals surface area contributed by atoms with Gasteiger partial charge in [-0.25, -0.2) is 4.79 Å². The van der Waals surface area contributed by atoms with E-state index in [9.17, 15) is 76.0 Å². The summed E-state index contributed by atoms with van der Waals surface area (Å²) in [7, 11) is 0. The van der Waals surface area contributed by atoms with Gasteiger partial charge in [0.1, 0.15) is 85.5 Å². The van der Waals surface area contributed by atoms with E-state index in [0.717, 1.165) is 19.3 Å². The Balaban J connectivity index is 1.00. The fourth-order valence-corrected chi connectivity index (χ4v) is 16.4. The third-order valence-corrected chi connectivity index (χ3v) is 21.4. The molecule has 28 atom stereocenters. The van der Waals surface area contributed by atoms with Crippen LogP contribution in [0.5, 0.6) is 0 Å². The highest BCUT2D eigenvalue weighted by atomic mass is 16.8. The van der Waals surface area contributed by atoms with Gasteiger partial charge in [0.15, 0.2) is 25.0 Å². The van der Waals surface area contributed by atoms with Crippen molar-refractivity contribution >= 4 is 11.9 Å². The molecule has 23 heteroatoms. The van der Waals surface area contributed by atoms with Crippen molar-refractivity contribution in [1.82, 2.24) is 0 Å². The van der Waals surface area contributed by atoms with Crippen LogP contribution in [0.25, 0.3) is 0 Å². The molecule has 4 saturated carbocycles. The van der Waals surface area contributed by atoms with Crippen LogP contribution in [0, 0.1) is 50.2 Å². The number of fused-ring (bicyclic) bond motifs is 7. The third-order valence-electron chi connectivity index (χ3n) is 21.4. The first-order chi connectivity index (χ1) is 35.9. The van der Waals surface area contributed by atoms with Crippen molar-refractivity contribution in [2.75, 3.05) is 13.2 Å². The Morgan fingerprint density at radius 3 is 1.75 bits per heavy atom. The number of aliphatic hydroxyl groups is 12. The minimum atomic E-state index is -2.10. The molecule has 4 aliphatic heterocycles. The Labute approximate surface area is 448 Å². The van der Waals surface area contributed by atoms with Crippen molar-refractivity contribution in [3.63, 3.8) is 0 Å². The molecule has 0 radical (unpaired) electrons. The lowest BCUT2D eigenvalue weighted by Crippen LogP contribution is -2.68. The van der Waals surface area contributed by atoms with Gasteiger partial charge in [0, 0.05) is 0 Å². The van der Waals surface area contributed by atoms with E-state index in [-0.39, 0.29) is 39.4 Å². The summed E-state index contributed by atoms with van der Waals surface area (Å²) in [6.07, 6.45) is -26.3. The Kier molecular flexibility index (Phi) is 16.5. The molecule has 4 heterocycles. The van der Waals surface area contributed by atoms with Gasteiger partial charge in [-0.1, -0.05) is 60.1 Å². The number of carbonyl (C=O) groups excluding carboxylic acids is 1. The van der Waals surface area contributed by atoms with Gasteiger partial charge in [0.05, 0.1) is 30.8 Å². The largest absolute Gasteiger partial charge is 0.479 e. The summed E-state index contributed by atoms with van der Waals surface area (Å²) in [5, 5.41) is 139. The molecule has 9 rings (SSSR count). The molecular formula is C54H86O23. The second-order valence-corrected chi connectivity index (χ2v) is 26.3. The normalized spacial score (nSPS) is 53.4. The number of carbonyl (C=O) groups is 2. The summed E-state index contributed by atoms with van der Waals surface area (Å²) >= 11 is 0. The highest BCUT2D eigenvalue weighted by molar-refractivity contribution is 5.79. The number of ether oxygens (including phenoxy) is 8. The monoisotopic (exact) mass is 1100 g/mol. The number of esters is 1. The first kappa shape index (κ1) is 59.5. The zero-order valence-corrected chi connectivity index (χ0v) is 45.3. The van der Waals surface area contributed by atoms with Crippen LogP contribution in [0.4, 0.5) is 0 Å². The number of carboxylic acid groups (broad SMARTS) is 1. The van der Waals surface area contributed by atoms with Crippen LogP contribution in [-0.4, -0.2) is 220 Å². The summed E-state index contributed by atoms with van der Waals surface area (Å²) in [6, 6.07) is 0. The van der Waals surface area contributed by atoms with E-state index in [2.05, 4.69) is 54.5 Å². The van der Waals surface area contributed by atoms with E-state index in [1.165, 1.54) is 12.5 Å². The molecule has 13 N–H and O–H groups in total. The molecule has 8 fully saturated rings. The maximum atomic E-state index is 14.8. The van der Waals surface area contributed by atoms with Crippen LogP contribution in [0.15, 0.2) is 11.6 Å². The minimum Gasteiger partial charge on any atom is -0.479 e. The number of allylic oxidation sites excluding steroid dienone is 2. The van der Waals surface area contributed by atoms with Gasteiger partial charge < -0.3 is 104 Å². The van der Waals surface area contributed by atoms with Crippen LogP contribution < -0.4 is 0 Å².